The minimum Gasteiger partial charge on any atom is -0.310 e. The highest BCUT2D eigenvalue weighted by Gasteiger charge is 2.11. The van der Waals surface area contributed by atoms with Crippen molar-refractivity contribution in [2.24, 2.45) is 0 Å². The molecule has 0 aliphatic carbocycles. The Hall–Kier alpha value is -2.94. The zero-order chi connectivity index (χ0) is 14.3. The van der Waals surface area contributed by atoms with Gasteiger partial charge in [0.2, 0.25) is 0 Å². The van der Waals surface area contributed by atoms with E-state index in [1.807, 2.05) is 13.0 Å². The fourth-order valence-corrected chi connectivity index (χ4v) is 2.28. The van der Waals surface area contributed by atoms with E-state index >= 15 is 0 Å². The van der Waals surface area contributed by atoms with Crippen molar-refractivity contribution in [3.8, 4) is 6.07 Å². The second-order valence-corrected chi connectivity index (χ2v) is 4.35. The molecule has 6 heteroatoms. The lowest BCUT2D eigenvalue weighted by molar-refractivity contribution is 0.720. The Morgan fingerprint density at radius 1 is 1.45 bits per heavy atom. The smallest absolute Gasteiger partial charge is 0.267 e. The Morgan fingerprint density at radius 3 is 2.95 bits per heavy atom. The van der Waals surface area contributed by atoms with Crippen LogP contribution in [0.2, 0.25) is 0 Å². The minimum atomic E-state index is -0.232. The lowest BCUT2D eigenvalue weighted by atomic mass is 10.2. The first-order valence-corrected chi connectivity index (χ1v) is 6.17. The monoisotopic (exact) mass is 265 g/mol. The Labute approximate surface area is 113 Å². The summed E-state index contributed by atoms with van der Waals surface area (Å²) in [6.07, 6.45) is 1.64. The van der Waals surface area contributed by atoms with E-state index in [2.05, 4.69) is 4.98 Å². The van der Waals surface area contributed by atoms with E-state index in [0.717, 1.165) is 0 Å². The molecular formula is C14H11N5O. The van der Waals surface area contributed by atoms with Crippen LogP contribution in [0.15, 0.2) is 35.3 Å². The summed E-state index contributed by atoms with van der Waals surface area (Å²) in [4.78, 5) is 16.9. The molecule has 98 valence electrons. The number of hydrogen-bond donors (Lipinski definition) is 1. The molecule has 3 rings (SSSR count). The van der Waals surface area contributed by atoms with Crippen molar-refractivity contribution in [1.82, 2.24) is 14.0 Å². The van der Waals surface area contributed by atoms with E-state index in [9.17, 15) is 4.79 Å². The van der Waals surface area contributed by atoms with Crippen LogP contribution in [0.4, 0.5) is 0 Å². The Morgan fingerprint density at radius 2 is 2.25 bits per heavy atom. The summed E-state index contributed by atoms with van der Waals surface area (Å²) >= 11 is 0. The molecule has 0 saturated carbocycles. The molecule has 1 N–H and O–H groups in total. The molecule has 0 radical (unpaired) electrons. The maximum absolute atomic E-state index is 12.5. The van der Waals surface area contributed by atoms with Gasteiger partial charge in [-0.3, -0.25) is 14.6 Å². The topological polar surface area (TPSA) is 86.9 Å². The average molecular weight is 265 g/mol. The fourth-order valence-electron chi connectivity index (χ4n) is 2.28. The van der Waals surface area contributed by atoms with Crippen LogP contribution in [0.5, 0.6) is 0 Å². The number of nitrogens with one attached hydrogen (secondary N) is 1. The molecule has 0 saturated heterocycles. The van der Waals surface area contributed by atoms with Crippen molar-refractivity contribution in [2.75, 3.05) is 0 Å². The van der Waals surface area contributed by atoms with E-state index in [1.54, 1.807) is 29.0 Å². The summed E-state index contributed by atoms with van der Waals surface area (Å²) in [6.45, 7) is 2.33. The Balaban J connectivity index is 2.66. The van der Waals surface area contributed by atoms with E-state index in [-0.39, 0.29) is 16.6 Å². The first-order chi connectivity index (χ1) is 9.67. The molecule has 3 aromatic heterocycles. The molecule has 20 heavy (non-hydrogen) atoms. The molecule has 0 spiro atoms. The molecule has 0 aliphatic rings. The van der Waals surface area contributed by atoms with E-state index in [1.165, 1.54) is 10.5 Å². The third-order valence-electron chi connectivity index (χ3n) is 3.25. The molecule has 0 aromatic carbocycles. The van der Waals surface area contributed by atoms with Gasteiger partial charge in [-0.25, -0.2) is 4.98 Å². The van der Waals surface area contributed by atoms with Crippen molar-refractivity contribution in [1.29, 1.82) is 10.7 Å². The highest BCUT2D eigenvalue weighted by molar-refractivity contribution is 5.77. The van der Waals surface area contributed by atoms with Crippen molar-refractivity contribution in [3.63, 3.8) is 0 Å². The second kappa shape index (κ2) is 4.31. The first-order valence-electron chi connectivity index (χ1n) is 6.17. The molecule has 3 heterocycles. The molecule has 3 aromatic rings. The van der Waals surface area contributed by atoms with E-state index in [4.69, 9.17) is 10.7 Å². The van der Waals surface area contributed by atoms with Gasteiger partial charge in [-0.1, -0.05) is 6.07 Å². The summed E-state index contributed by atoms with van der Waals surface area (Å²) in [5, 5.41) is 17.4. The van der Waals surface area contributed by atoms with Crippen LogP contribution in [0.1, 0.15) is 12.5 Å². The number of aryl methyl sites for hydroxylation is 1. The van der Waals surface area contributed by atoms with Gasteiger partial charge >= 0.3 is 0 Å². The maximum atomic E-state index is 12.5. The number of nitriles is 1. The number of rotatable bonds is 1. The lowest BCUT2D eigenvalue weighted by Crippen LogP contribution is -2.26. The van der Waals surface area contributed by atoms with Crippen LogP contribution in [0.25, 0.3) is 16.7 Å². The molecule has 0 amide bonds. The third-order valence-corrected chi connectivity index (χ3v) is 3.25. The van der Waals surface area contributed by atoms with Crippen LogP contribution in [0.3, 0.4) is 0 Å². The van der Waals surface area contributed by atoms with Crippen molar-refractivity contribution in [3.05, 3.63) is 51.9 Å². The van der Waals surface area contributed by atoms with Gasteiger partial charge in [-0.2, -0.15) is 5.26 Å². The van der Waals surface area contributed by atoms with Gasteiger partial charge in [0.15, 0.2) is 0 Å². The van der Waals surface area contributed by atoms with Crippen molar-refractivity contribution in [2.45, 2.75) is 13.5 Å². The highest BCUT2D eigenvalue weighted by atomic mass is 16.1. The summed E-state index contributed by atoms with van der Waals surface area (Å²) in [6, 6.07) is 8.69. The van der Waals surface area contributed by atoms with Crippen LogP contribution >= 0.6 is 0 Å². The van der Waals surface area contributed by atoms with Crippen LogP contribution in [-0.4, -0.2) is 14.0 Å². The minimum absolute atomic E-state index is 0.0784. The van der Waals surface area contributed by atoms with E-state index < -0.39 is 0 Å². The lowest BCUT2D eigenvalue weighted by Gasteiger charge is -2.10. The second-order valence-electron chi connectivity index (χ2n) is 4.35. The number of fused-ring (bicyclic) bond motifs is 2. The molecule has 0 fully saturated rings. The van der Waals surface area contributed by atoms with Gasteiger partial charge in [0, 0.05) is 12.7 Å². The zero-order valence-corrected chi connectivity index (χ0v) is 10.8. The normalized spacial score (nSPS) is 10.8. The number of nitrogens with zero attached hydrogens (tertiary/aromatic N) is 4. The Bertz CT molecular complexity index is 991. The van der Waals surface area contributed by atoms with Crippen LogP contribution in [-0.2, 0) is 6.54 Å². The maximum Gasteiger partial charge on any atom is 0.267 e. The van der Waals surface area contributed by atoms with E-state index in [0.29, 0.717) is 23.2 Å². The SMILES string of the molecule is CCn1c(=N)c(C#N)cc2c(=O)n3ccccc3nc21. The molecule has 0 aliphatic heterocycles. The van der Waals surface area contributed by atoms with Gasteiger partial charge in [0.25, 0.3) is 5.56 Å². The van der Waals surface area contributed by atoms with Gasteiger partial charge in [0.1, 0.15) is 22.9 Å². The third kappa shape index (κ3) is 1.53. The van der Waals surface area contributed by atoms with Gasteiger partial charge < -0.3 is 4.57 Å². The summed E-state index contributed by atoms with van der Waals surface area (Å²) in [5.41, 5.74) is 0.983. The highest BCUT2D eigenvalue weighted by Crippen LogP contribution is 2.09. The summed E-state index contributed by atoms with van der Waals surface area (Å²) < 4.78 is 3.01. The average Bonchev–Trinajstić information content (AvgIpc) is 2.47. The van der Waals surface area contributed by atoms with Gasteiger partial charge in [-0.05, 0) is 25.1 Å². The molecule has 0 atom stereocenters. The fraction of sp³-hybridized carbons (Fsp3) is 0.143. The van der Waals surface area contributed by atoms with Crippen LogP contribution < -0.4 is 11.0 Å². The molecule has 0 bridgehead atoms. The quantitative estimate of drug-likeness (QED) is 0.666. The predicted octanol–water partition coefficient (Wildman–Crippen LogP) is 1.02. The molecule has 0 unspecified atom stereocenters. The molecular weight excluding hydrogens is 254 g/mol. The zero-order valence-electron chi connectivity index (χ0n) is 10.8. The standard InChI is InChI=1S/C14H11N5O/c1-2-18-12(16)9(8-15)7-10-13(18)17-11-5-3-4-6-19(11)14(10)20/h3-7,16H,2H2,1H3. The number of pyridine rings is 2. The number of aromatic nitrogens is 3. The van der Waals surface area contributed by atoms with Crippen LogP contribution in [0, 0.1) is 16.7 Å². The Kier molecular flexibility index (Phi) is 2.61. The predicted molar refractivity (Wildman–Crippen MR) is 73.2 cm³/mol. The summed E-state index contributed by atoms with van der Waals surface area (Å²) in [5.74, 6) is 0. The van der Waals surface area contributed by atoms with Gasteiger partial charge in [-0.15, -0.1) is 0 Å². The number of hydrogen-bond acceptors (Lipinski definition) is 4. The van der Waals surface area contributed by atoms with Crippen molar-refractivity contribution < 1.29 is 0 Å². The largest absolute Gasteiger partial charge is 0.310 e. The van der Waals surface area contributed by atoms with Crippen molar-refractivity contribution >= 4 is 16.7 Å². The molecule has 6 nitrogen and oxygen atoms in total. The first kappa shape index (κ1) is 12.1. The van der Waals surface area contributed by atoms with Gasteiger partial charge in [0.05, 0.1) is 10.9 Å². The summed E-state index contributed by atoms with van der Waals surface area (Å²) in [7, 11) is 0.